The number of benzene rings is 3. The lowest BCUT2D eigenvalue weighted by Gasteiger charge is -2.05. The van der Waals surface area contributed by atoms with E-state index in [1.54, 1.807) is 6.20 Å². The molecule has 6 heteroatoms. The lowest BCUT2D eigenvalue weighted by molar-refractivity contribution is -0.120. The second kappa shape index (κ2) is 9.08. The van der Waals surface area contributed by atoms with Crippen molar-refractivity contribution in [2.45, 2.75) is 16.4 Å². The van der Waals surface area contributed by atoms with Crippen LogP contribution in [0.4, 0.5) is 0 Å². The number of carbonyl (C=O) groups excluding carboxylic acids is 1. The van der Waals surface area contributed by atoms with Crippen LogP contribution in [-0.4, -0.2) is 17.1 Å². The van der Waals surface area contributed by atoms with E-state index >= 15 is 0 Å². The molecule has 0 aliphatic rings. The summed E-state index contributed by atoms with van der Waals surface area (Å²) in [5.74, 6) is 0.381. The normalized spacial score (nSPS) is 11.4. The molecule has 5 aromatic rings. The van der Waals surface area contributed by atoms with Crippen LogP contribution in [0.3, 0.4) is 0 Å². The van der Waals surface area contributed by atoms with E-state index in [4.69, 9.17) is 4.42 Å². The van der Waals surface area contributed by atoms with Crippen molar-refractivity contribution in [2.75, 3.05) is 0 Å². The molecule has 0 radical (unpaired) electrons. The van der Waals surface area contributed by atoms with Gasteiger partial charge in [0.15, 0.2) is 5.09 Å². The van der Waals surface area contributed by atoms with E-state index in [2.05, 4.69) is 15.5 Å². The van der Waals surface area contributed by atoms with Crippen molar-refractivity contribution in [3.63, 3.8) is 0 Å². The first-order valence-electron chi connectivity index (χ1n) is 10.2. The van der Waals surface area contributed by atoms with Crippen molar-refractivity contribution < 1.29 is 9.21 Å². The summed E-state index contributed by atoms with van der Waals surface area (Å²) in [4.78, 5) is 17.8. The first-order chi connectivity index (χ1) is 15.8. The van der Waals surface area contributed by atoms with Gasteiger partial charge in [-0.25, -0.2) is 5.43 Å². The first-order valence-corrected chi connectivity index (χ1v) is 11.0. The monoisotopic (exact) mass is 437 g/mol. The fourth-order valence-corrected chi connectivity index (χ4v) is 4.46. The molecule has 1 N–H and O–H groups in total. The zero-order valence-corrected chi connectivity index (χ0v) is 17.9. The number of rotatable bonds is 6. The predicted octanol–water partition coefficient (Wildman–Crippen LogP) is 5.83. The summed E-state index contributed by atoms with van der Waals surface area (Å²) >= 11 is 1.50. The highest BCUT2D eigenvalue weighted by atomic mass is 32.2. The number of pyridine rings is 1. The van der Waals surface area contributed by atoms with Crippen LogP contribution in [0.15, 0.2) is 111 Å². The fraction of sp³-hybridized carbons (Fsp3) is 0.0385. The molecule has 0 atom stereocenters. The Morgan fingerprint density at radius 3 is 2.72 bits per heavy atom. The Morgan fingerprint density at radius 1 is 0.938 bits per heavy atom. The Balaban J connectivity index is 1.22. The standard InChI is InChI=1S/C26H19N3O2S/c30-24(16-20-9-3-7-18-6-1-2-11-22(18)20)29-28-17-21-13-14-25(31-21)32-23-12-4-8-19-10-5-15-27-26(19)23/h1-15,17H,16H2,(H,29,30)/b28-17+. The van der Waals surface area contributed by atoms with Crippen LogP contribution in [0.5, 0.6) is 0 Å². The van der Waals surface area contributed by atoms with Gasteiger partial charge < -0.3 is 4.42 Å². The number of nitrogens with zero attached hydrogens (tertiary/aromatic N) is 2. The Labute approximate surface area is 189 Å². The van der Waals surface area contributed by atoms with Crippen molar-refractivity contribution >= 4 is 45.6 Å². The third-order valence-electron chi connectivity index (χ3n) is 5.02. The van der Waals surface area contributed by atoms with Gasteiger partial charge in [-0.3, -0.25) is 9.78 Å². The van der Waals surface area contributed by atoms with Gasteiger partial charge in [-0.1, -0.05) is 60.7 Å². The van der Waals surface area contributed by atoms with Crippen LogP contribution < -0.4 is 5.43 Å². The molecule has 0 aliphatic heterocycles. The summed E-state index contributed by atoms with van der Waals surface area (Å²) in [6.07, 6.45) is 3.55. The van der Waals surface area contributed by atoms with Crippen LogP contribution in [0.2, 0.25) is 0 Å². The van der Waals surface area contributed by atoms with Crippen LogP contribution in [-0.2, 0) is 11.2 Å². The van der Waals surface area contributed by atoms with Crippen LogP contribution >= 0.6 is 11.8 Å². The Kier molecular flexibility index (Phi) is 5.68. The van der Waals surface area contributed by atoms with Crippen LogP contribution in [0.25, 0.3) is 21.7 Å². The molecule has 156 valence electrons. The molecule has 0 unspecified atom stereocenters. The van der Waals surface area contributed by atoms with Gasteiger partial charge in [-0.15, -0.1) is 0 Å². The van der Waals surface area contributed by atoms with E-state index in [-0.39, 0.29) is 12.3 Å². The lowest BCUT2D eigenvalue weighted by Crippen LogP contribution is -2.19. The summed E-state index contributed by atoms with van der Waals surface area (Å²) in [5, 5.41) is 8.05. The van der Waals surface area contributed by atoms with Crippen molar-refractivity contribution in [1.29, 1.82) is 0 Å². The SMILES string of the molecule is O=C(Cc1cccc2ccccc12)N/N=C/c1ccc(Sc2cccc3cccnc23)o1. The topological polar surface area (TPSA) is 67.5 Å². The Bertz CT molecular complexity index is 1430. The fourth-order valence-electron chi connectivity index (χ4n) is 3.55. The molecule has 3 aromatic carbocycles. The summed E-state index contributed by atoms with van der Waals surface area (Å²) in [5.41, 5.74) is 4.49. The maximum Gasteiger partial charge on any atom is 0.244 e. The number of nitrogens with one attached hydrogen (secondary N) is 1. The highest BCUT2D eigenvalue weighted by molar-refractivity contribution is 7.99. The highest BCUT2D eigenvalue weighted by Gasteiger charge is 2.08. The second-order valence-electron chi connectivity index (χ2n) is 7.20. The molecule has 0 aliphatic carbocycles. The first kappa shape index (κ1) is 20.0. The number of carbonyl (C=O) groups is 1. The van der Waals surface area contributed by atoms with Gasteiger partial charge in [0.1, 0.15) is 5.76 Å². The van der Waals surface area contributed by atoms with Gasteiger partial charge in [-0.05, 0) is 52.4 Å². The maximum atomic E-state index is 12.4. The minimum Gasteiger partial charge on any atom is -0.448 e. The van der Waals surface area contributed by atoms with E-state index in [1.807, 2.05) is 84.9 Å². The summed E-state index contributed by atoms with van der Waals surface area (Å²) in [6, 6.07) is 27.7. The lowest BCUT2D eigenvalue weighted by atomic mass is 10.0. The van der Waals surface area contributed by atoms with Crippen molar-refractivity contribution in [2.24, 2.45) is 5.10 Å². The molecule has 0 fully saturated rings. The van der Waals surface area contributed by atoms with Gasteiger partial charge in [0.25, 0.3) is 0 Å². The predicted molar refractivity (Wildman–Crippen MR) is 128 cm³/mol. The summed E-state index contributed by atoms with van der Waals surface area (Å²) in [6.45, 7) is 0. The molecular formula is C26H19N3O2S. The van der Waals surface area contributed by atoms with Gasteiger partial charge in [0, 0.05) is 16.5 Å². The van der Waals surface area contributed by atoms with Crippen molar-refractivity contribution in [3.05, 3.63) is 102 Å². The zero-order chi connectivity index (χ0) is 21.8. The number of amides is 1. The summed E-state index contributed by atoms with van der Waals surface area (Å²) in [7, 11) is 0. The quantitative estimate of drug-likeness (QED) is 0.268. The maximum absolute atomic E-state index is 12.4. The molecule has 1 amide bonds. The molecule has 5 rings (SSSR count). The van der Waals surface area contributed by atoms with E-state index < -0.39 is 0 Å². The zero-order valence-electron chi connectivity index (χ0n) is 17.1. The number of hydrazone groups is 1. The second-order valence-corrected chi connectivity index (χ2v) is 8.24. The molecular weight excluding hydrogens is 418 g/mol. The molecule has 0 saturated heterocycles. The molecule has 0 saturated carbocycles. The molecule has 32 heavy (non-hydrogen) atoms. The summed E-state index contributed by atoms with van der Waals surface area (Å²) < 4.78 is 5.83. The molecule has 5 nitrogen and oxygen atoms in total. The van der Waals surface area contributed by atoms with E-state index in [1.165, 1.54) is 18.0 Å². The number of fused-ring (bicyclic) bond motifs is 2. The van der Waals surface area contributed by atoms with Gasteiger partial charge >= 0.3 is 0 Å². The number of hydrogen-bond donors (Lipinski definition) is 1. The molecule has 2 heterocycles. The molecule has 2 aromatic heterocycles. The number of para-hydroxylation sites is 1. The average molecular weight is 438 g/mol. The molecule has 0 spiro atoms. The van der Waals surface area contributed by atoms with E-state index in [9.17, 15) is 4.79 Å². The van der Waals surface area contributed by atoms with E-state index in [0.717, 1.165) is 37.2 Å². The number of aromatic nitrogens is 1. The van der Waals surface area contributed by atoms with E-state index in [0.29, 0.717) is 5.76 Å². The number of furan rings is 1. The number of hydrogen-bond acceptors (Lipinski definition) is 5. The largest absolute Gasteiger partial charge is 0.448 e. The average Bonchev–Trinajstić information content (AvgIpc) is 3.27. The van der Waals surface area contributed by atoms with Gasteiger partial charge in [0.2, 0.25) is 5.91 Å². The van der Waals surface area contributed by atoms with Crippen molar-refractivity contribution in [1.82, 2.24) is 10.4 Å². The van der Waals surface area contributed by atoms with Crippen molar-refractivity contribution in [3.8, 4) is 0 Å². The Morgan fingerprint density at radius 2 is 1.75 bits per heavy atom. The van der Waals surface area contributed by atoms with Crippen LogP contribution in [0.1, 0.15) is 11.3 Å². The Hall–Kier alpha value is -3.90. The van der Waals surface area contributed by atoms with Crippen LogP contribution in [0, 0.1) is 0 Å². The van der Waals surface area contributed by atoms with Gasteiger partial charge in [-0.2, -0.15) is 5.10 Å². The molecule has 0 bridgehead atoms. The minimum atomic E-state index is -0.180. The minimum absolute atomic E-state index is 0.180. The third-order valence-corrected chi connectivity index (χ3v) is 5.99. The highest BCUT2D eigenvalue weighted by Crippen LogP contribution is 2.33. The van der Waals surface area contributed by atoms with Gasteiger partial charge in [0.05, 0.1) is 18.2 Å². The smallest absolute Gasteiger partial charge is 0.244 e. The third kappa shape index (κ3) is 4.40.